The van der Waals surface area contributed by atoms with Crippen LogP contribution >= 0.6 is 0 Å². The van der Waals surface area contributed by atoms with Crippen molar-refractivity contribution in [2.45, 2.75) is 57.5 Å². The number of sulfone groups is 1. The summed E-state index contributed by atoms with van der Waals surface area (Å²) in [6, 6.07) is -0.172. The van der Waals surface area contributed by atoms with Crippen LogP contribution in [0, 0.1) is 5.92 Å². The first-order valence-corrected chi connectivity index (χ1v) is 8.86. The molecule has 2 aliphatic rings. The van der Waals surface area contributed by atoms with Gasteiger partial charge in [-0.1, -0.05) is 20.8 Å². The first-order valence-electron chi connectivity index (χ1n) is 7.15. The summed E-state index contributed by atoms with van der Waals surface area (Å²) in [7, 11) is -2.99. The average molecular weight is 288 g/mol. The van der Waals surface area contributed by atoms with E-state index in [9.17, 15) is 13.2 Å². The normalized spacial score (nSPS) is 34.4. The van der Waals surface area contributed by atoms with Crippen molar-refractivity contribution >= 4 is 15.7 Å². The van der Waals surface area contributed by atoms with Crippen molar-refractivity contribution in [1.82, 2.24) is 10.2 Å². The number of carbonyl (C=O) groups is 1. The SMILES string of the molecule is CCC1NC(C(C)C)C(=O)N1CC1CCCS1(=O)=O. The van der Waals surface area contributed by atoms with Gasteiger partial charge in [0.25, 0.3) is 0 Å². The highest BCUT2D eigenvalue weighted by Gasteiger charge is 2.42. The third kappa shape index (κ3) is 2.79. The fraction of sp³-hybridized carbons (Fsp3) is 0.923. The number of carbonyl (C=O) groups excluding carboxylic acids is 1. The van der Waals surface area contributed by atoms with Gasteiger partial charge in [-0.05, 0) is 25.2 Å². The van der Waals surface area contributed by atoms with E-state index in [-0.39, 0.29) is 35.0 Å². The number of hydrogen-bond acceptors (Lipinski definition) is 4. The van der Waals surface area contributed by atoms with Crippen molar-refractivity contribution in [3.63, 3.8) is 0 Å². The smallest absolute Gasteiger partial charge is 0.241 e. The zero-order valence-corrected chi connectivity index (χ0v) is 12.7. The van der Waals surface area contributed by atoms with Crippen LogP contribution in [0.2, 0.25) is 0 Å². The molecule has 19 heavy (non-hydrogen) atoms. The Hall–Kier alpha value is -0.620. The first kappa shape index (κ1) is 14.8. The minimum Gasteiger partial charge on any atom is -0.324 e. The average Bonchev–Trinajstić information content (AvgIpc) is 2.82. The summed E-state index contributed by atoms with van der Waals surface area (Å²) in [6.45, 7) is 6.40. The highest BCUT2D eigenvalue weighted by Crippen LogP contribution is 2.25. The third-order valence-electron chi connectivity index (χ3n) is 4.21. The van der Waals surface area contributed by atoms with Crippen molar-refractivity contribution in [2.24, 2.45) is 5.92 Å². The van der Waals surface area contributed by atoms with Gasteiger partial charge in [0.2, 0.25) is 5.91 Å². The Labute approximate surface area is 115 Å². The molecule has 0 aromatic carbocycles. The topological polar surface area (TPSA) is 66.5 Å². The molecule has 2 aliphatic heterocycles. The molecule has 0 aromatic rings. The summed E-state index contributed by atoms with van der Waals surface area (Å²) in [5.74, 6) is 0.563. The Bertz CT molecular complexity index is 447. The fourth-order valence-corrected chi connectivity index (χ4v) is 4.83. The monoisotopic (exact) mass is 288 g/mol. The number of hydrogen-bond donors (Lipinski definition) is 1. The number of amides is 1. The lowest BCUT2D eigenvalue weighted by Crippen LogP contribution is -2.42. The highest BCUT2D eigenvalue weighted by molar-refractivity contribution is 7.92. The van der Waals surface area contributed by atoms with Crippen molar-refractivity contribution in [3.8, 4) is 0 Å². The van der Waals surface area contributed by atoms with Crippen LogP contribution in [0.25, 0.3) is 0 Å². The standard InChI is InChI=1S/C13H24N2O3S/c1-4-11-14-12(9(2)3)13(16)15(11)8-10-6-5-7-19(10,17)18/h9-12,14H,4-8H2,1-3H3. The van der Waals surface area contributed by atoms with Crippen LogP contribution in [-0.4, -0.2) is 49.0 Å². The molecule has 6 heteroatoms. The van der Waals surface area contributed by atoms with Crippen LogP contribution in [0.15, 0.2) is 0 Å². The molecule has 2 heterocycles. The van der Waals surface area contributed by atoms with Crippen molar-refractivity contribution in [3.05, 3.63) is 0 Å². The molecule has 1 amide bonds. The van der Waals surface area contributed by atoms with Gasteiger partial charge in [-0.25, -0.2) is 8.42 Å². The van der Waals surface area contributed by atoms with Gasteiger partial charge < -0.3 is 4.90 Å². The van der Waals surface area contributed by atoms with E-state index in [1.807, 2.05) is 20.8 Å². The molecule has 2 fully saturated rings. The predicted octanol–water partition coefficient (Wildman–Crippen LogP) is 0.756. The van der Waals surface area contributed by atoms with Crippen LogP contribution in [0.5, 0.6) is 0 Å². The molecule has 0 saturated carbocycles. The summed E-state index contributed by atoms with van der Waals surface area (Å²) in [5, 5.41) is 2.96. The Morgan fingerprint density at radius 1 is 1.42 bits per heavy atom. The Morgan fingerprint density at radius 3 is 2.58 bits per heavy atom. The molecule has 0 aliphatic carbocycles. The first-order chi connectivity index (χ1) is 8.86. The minimum absolute atomic E-state index is 0.0179. The van der Waals surface area contributed by atoms with Gasteiger partial charge in [-0.15, -0.1) is 0 Å². The van der Waals surface area contributed by atoms with Crippen LogP contribution in [0.4, 0.5) is 0 Å². The van der Waals surface area contributed by atoms with Gasteiger partial charge in [-0.2, -0.15) is 0 Å². The van der Waals surface area contributed by atoms with E-state index in [0.717, 1.165) is 12.8 Å². The lowest BCUT2D eigenvalue weighted by molar-refractivity contribution is -0.130. The molecule has 110 valence electrons. The van der Waals surface area contributed by atoms with E-state index in [0.29, 0.717) is 13.0 Å². The van der Waals surface area contributed by atoms with Crippen LogP contribution in [-0.2, 0) is 14.6 Å². The van der Waals surface area contributed by atoms with Crippen molar-refractivity contribution in [1.29, 1.82) is 0 Å². The number of rotatable bonds is 4. The molecule has 0 aromatic heterocycles. The van der Waals surface area contributed by atoms with E-state index in [4.69, 9.17) is 0 Å². The Morgan fingerprint density at radius 2 is 2.11 bits per heavy atom. The van der Waals surface area contributed by atoms with Gasteiger partial charge in [0.1, 0.15) is 0 Å². The highest BCUT2D eigenvalue weighted by atomic mass is 32.2. The molecule has 5 nitrogen and oxygen atoms in total. The van der Waals surface area contributed by atoms with E-state index >= 15 is 0 Å². The maximum atomic E-state index is 12.4. The molecule has 0 bridgehead atoms. The van der Waals surface area contributed by atoms with Gasteiger partial charge >= 0.3 is 0 Å². The summed E-state index contributed by atoms with van der Waals surface area (Å²) < 4.78 is 23.8. The van der Waals surface area contributed by atoms with Gasteiger partial charge in [0.05, 0.1) is 23.2 Å². The fourth-order valence-electron chi connectivity index (χ4n) is 3.02. The molecule has 0 spiro atoms. The van der Waals surface area contributed by atoms with Crippen molar-refractivity contribution in [2.75, 3.05) is 12.3 Å². The van der Waals surface area contributed by atoms with Gasteiger partial charge in [0.15, 0.2) is 9.84 Å². The minimum atomic E-state index is -2.99. The molecule has 0 radical (unpaired) electrons. The van der Waals surface area contributed by atoms with Crippen LogP contribution in [0.1, 0.15) is 40.0 Å². The molecule has 3 unspecified atom stereocenters. The molecule has 3 atom stereocenters. The number of nitrogens with zero attached hydrogens (tertiary/aromatic N) is 1. The molecular formula is C13H24N2O3S. The molecule has 1 N–H and O–H groups in total. The summed E-state index contributed by atoms with van der Waals surface area (Å²) in [6.07, 6.45) is 2.21. The van der Waals surface area contributed by atoms with E-state index < -0.39 is 9.84 Å². The second kappa shape index (κ2) is 5.40. The summed E-state index contributed by atoms with van der Waals surface area (Å²) in [5.41, 5.74) is 0. The van der Waals surface area contributed by atoms with Gasteiger partial charge in [0, 0.05) is 6.54 Å². The molecular weight excluding hydrogens is 264 g/mol. The largest absolute Gasteiger partial charge is 0.324 e. The van der Waals surface area contributed by atoms with Gasteiger partial charge in [-0.3, -0.25) is 10.1 Å². The molecule has 2 rings (SSSR count). The Kier molecular flexibility index (Phi) is 4.20. The lowest BCUT2D eigenvalue weighted by Gasteiger charge is -2.25. The Balaban J connectivity index is 2.12. The van der Waals surface area contributed by atoms with Crippen LogP contribution in [0.3, 0.4) is 0 Å². The maximum absolute atomic E-state index is 12.4. The zero-order chi connectivity index (χ0) is 14.2. The van der Waals surface area contributed by atoms with Crippen molar-refractivity contribution < 1.29 is 13.2 Å². The van der Waals surface area contributed by atoms with E-state index in [1.54, 1.807) is 4.90 Å². The molecule has 2 saturated heterocycles. The quantitative estimate of drug-likeness (QED) is 0.829. The zero-order valence-electron chi connectivity index (χ0n) is 11.9. The van der Waals surface area contributed by atoms with E-state index in [1.165, 1.54) is 0 Å². The lowest BCUT2D eigenvalue weighted by atomic mass is 10.1. The van der Waals surface area contributed by atoms with E-state index in [2.05, 4.69) is 5.32 Å². The third-order valence-corrected chi connectivity index (χ3v) is 6.47. The number of nitrogens with one attached hydrogen (secondary N) is 1. The summed E-state index contributed by atoms with van der Waals surface area (Å²) >= 11 is 0. The maximum Gasteiger partial charge on any atom is 0.241 e. The summed E-state index contributed by atoms with van der Waals surface area (Å²) in [4.78, 5) is 14.1. The second-order valence-corrected chi connectivity index (χ2v) is 8.33. The second-order valence-electron chi connectivity index (χ2n) is 5.93. The van der Waals surface area contributed by atoms with Crippen LogP contribution < -0.4 is 5.32 Å². The predicted molar refractivity (Wildman–Crippen MR) is 74.4 cm³/mol.